The number of nitro groups is 1. The number of benzene rings is 1. The zero-order valence-corrected chi connectivity index (χ0v) is 11.1. The quantitative estimate of drug-likeness (QED) is 0.585. The molecule has 0 aromatic heterocycles. The van der Waals surface area contributed by atoms with Gasteiger partial charge in [0.15, 0.2) is 5.79 Å². The van der Waals surface area contributed by atoms with Gasteiger partial charge in [-0.3, -0.25) is 10.1 Å². The van der Waals surface area contributed by atoms with Gasteiger partial charge < -0.3 is 9.47 Å². The molecule has 1 unspecified atom stereocenters. The molecule has 1 heterocycles. The van der Waals surface area contributed by atoms with Crippen LogP contribution in [-0.4, -0.2) is 30.0 Å². The second-order valence-corrected chi connectivity index (χ2v) is 5.00. The predicted octanol–water partition coefficient (Wildman–Crippen LogP) is 2.42. The van der Waals surface area contributed by atoms with Crippen LogP contribution in [0, 0.1) is 10.1 Å². The molecule has 19 heavy (non-hydrogen) atoms. The second kappa shape index (κ2) is 6.12. The fourth-order valence-electron chi connectivity index (χ4n) is 2.30. The molecule has 0 N–H and O–H groups in total. The Morgan fingerprint density at radius 1 is 1.32 bits per heavy atom. The van der Waals surface area contributed by atoms with Crippen molar-refractivity contribution in [2.75, 3.05) is 13.2 Å². The number of rotatable bonds is 6. The Hall–Kier alpha value is -1.46. The molecule has 1 aliphatic rings. The highest BCUT2D eigenvalue weighted by Crippen LogP contribution is 2.26. The van der Waals surface area contributed by atoms with Crippen LogP contribution < -0.4 is 0 Å². The summed E-state index contributed by atoms with van der Waals surface area (Å²) < 4.78 is 11.0. The molecule has 1 fully saturated rings. The van der Waals surface area contributed by atoms with Crippen LogP contribution in [0.25, 0.3) is 0 Å². The lowest BCUT2D eigenvalue weighted by atomic mass is 10.00. The standard InChI is InChI=1S/C14H19NO4/c1-14(18-9-10-19-14)8-7-13(15(16)17)11-12-5-3-2-4-6-12/h2-6,13H,7-11H2,1H3. The Morgan fingerprint density at radius 2 is 1.95 bits per heavy atom. The van der Waals surface area contributed by atoms with Gasteiger partial charge in [0.25, 0.3) is 0 Å². The van der Waals surface area contributed by atoms with Crippen LogP contribution in [0.2, 0.25) is 0 Å². The van der Waals surface area contributed by atoms with E-state index < -0.39 is 11.8 Å². The third-order valence-electron chi connectivity index (χ3n) is 3.44. The molecule has 1 saturated heterocycles. The molecule has 1 aromatic carbocycles. The zero-order chi connectivity index (χ0) is 13.7. The van der Waals surface area contributed by atoms with E-state index in [1.807, 2.05) is 37.3 Å². The van der Waals surface area contributed by atoms with E-state index in [1.54, 1.807) is 0 Å². The predicted molar refractivity (Wildman–Crippen MR) is 70.5 cm³/mol. The van der Waals surface area contributed by atoms with Crippen LogP contribution >= 0.6 is 0 Å². The van der Waals surface area contributed by atoms with E-state index in [0.29, 0.717) is 32.5 Å². The first kappa shape index (κ1) is 14.0. The third kappa shape index (κ3) is 4.01. The van der Waals surface area contributed by atoms with Crippen molar-refractivity contribution >= 4 is 0 Å². The van der Waals surface area contributed by atoms with Crippen molar-refractivity contribution in [1.82, 2.24) is 0 Å². The first-order chi connectivity index (χ1) is 9.09. The van der Waals surface area contributed by atoms with E-state index in [-0.39, 0.29) is 4.92 Å². The minimum Gasteiger partial charge on any atom is -0.348 e. The summed E-state index contributed by atoms with van der Waals surface area (Å²) in [6.45, 7) is 2.98. The van der Waals surface area contributed by atoms with Crippen molar-refractivity contribution in [1.29, 1.82) is 0 Å². The van der Waals surface area contributed by atoms with Crippen LogP contribution in [0.4, 0.5) is 0 Å². The lowest BCUT2D eigenvalue weighted by molar-refractivity contribution is -0.524. The zero-order valence-electron chi connectivity index (χ0n) is 11.1. The SMILES string of the molecule is CC1(CCC(Cc2ccccc2)[N+](=O)[O-])OCCO1. The summed E-state index contributed by atoms with van der Waals surface area (Å²) in [7, 11) is 0. The summed E-state index contributed by atoms with van der Waals surface area (Å²) in [4.78, 5) is 10.9. The van der Waals surface area contributed by atoms with Gasteiger partial charge in [0.2, 0.25) is 6.04 Å². The van der Waals surface area contributed by atoms with Crippen LogP contribution in [-0.2, 0) is 15.9 Å². The molecule has 104 valence electrons. The molecule has 2 rings (SSSR count). The molecule has 5 heteroatoms. The van der Waals surface area contributed by atoms with E-state index in [1.165, 1.54) is 0 Å². The molecular weight excluding hydrogens is 246 g/mol. The molecule has 0 radical (unpaired) electrons. The van der Waals surface area contributed by atoms with Gasteiger partial charge in [-0.2, -0.15) is 0 Å². The van der Waals surface area contributed by atoms with Crippen molar-refractivity contribution in [3.8, 4) is 0 Å². The van der Waals surface area contributed by atoms with E-state index in [2.05, 4.69) is 0 Å². The van der Waals surface area contributed by atoms with Gasteiger partial charge in [0.1, 0.15) is 0 Å². The fraction of sp³-hybridized carbons (Fsp3) is 0.571. The van der Waals surface area contributed by atoms with Crippen LogP contribution in [0.15, 0.2) is 30.3 Å². The second-order valence-electron chi connectivity index (χ2n) is 5.00. The van der Waals surface area contributed by atoms with E-state index in [4.69, 9.17) is 9.47 Å². The highest BCUT2D eigenvalue weighted by Gasteiger charge is 2.33. The Balaban J connectivity index is 1.91. The highest BCUT2D eigenvalue weighted by atomic mass is 16.7. The van der Waals surface area contributed by atoms with Crippen molar-refractivity contribution in [3.63, 3.8) is 0 Å². The first-order valence-corrected chi connectivity index (χ1v) is 6.54. The van der Waals surface area contributed by atoms with E-state index >= 15 is 0 Å². The minimum atomic E-state index is -0.648. The average molecular weight is 265 g/mol. The van der Waals surface area contributed by atoms with Gasteiger partial charge in [-0.25, -0.2) is 0 Å². The molecule has 0 aliphatic carbocycles. The average Bonchev–Trinajstić information content (AvgIpc) is 2.83. The first-order valence-electron chi connectivity index (χ1n) is 6.54. The Kier molecular flexibility index (Phi) is 4.50. The topological polar surface area (TPSA) is 61.6 Å². The van der Waals surface area contributed by atoms with Crippen molar-refractivity contribution in [2.45, 2.75) is 38.0 Å². The molecule has 1 atom stereocenters. The van der Waals surface area contributed by atoms with Crippen LogP contribution in [0.3, 0.4) is 0 Å². The monoisotopic (exact) mass is 265 g/mol. The molecular formula is C14H19NO4. The maximum atomic E-state index is 11.1. The van der Waals surface area contributed by atoms with E-state index in [0.717, 1.165) is 5.56 Å². The van der Waals surface area contributed by atoms with Gasteiger partial charge in [0, 0.05) is 24.2 Å². The summed E-state index contributed by atoms with van der Waals surface area (Å²) in [5.74, 6) is -0.648. The molecule has 0 amide bonds. The maximum absolute atomic E-state index is 11.1. The van der Waals surface area contributed by atoms with Gasteiger partial charge in [-0.15, -0.1) is 0 Å². The van der Waals surface area contributed by atoms with Gasteiger partial charge >= 0.3 is 0 Å². The summed E-state index contributed by atoms with van der Waals surface area (Å²) in [6.07, 6.45) is 1.45. The summed E-state index contributed by atoms with van der Waals surface area (Å²) in [5.41, 5.74) is 0.989. The van der Waals surface area contributed by atoms with Crippen molar-refractivity contribution in [2.24, 2.45) is 0 Å². The molecule has 0 bridgehead atoms. The van der Waals surface area contributed by atoms with Gasteiger partial charge in [0.05, 0.1) is 13.2 Å². The number of hydrogen-bond donors (Lipinski definition) is 0. The maximum Gasteiger partial charge on any atom is 0.217 e. The smallest absolute Gasteiger partial charge is 0.217 e. The normalized spacial score (nSPS) is 19.2. The van der Waals surface area contributed by atoms with Crippen LogP contribution in [0.1, 0.15) is 25.3 Å². The molecule has 0 saturated carbocycles. The lowest BCUT2D eigenvalue weighted by Gasteiger charge is -2.22. The highest BCUT2D eigenvalue weighted by molar-refractivity contribution is 5.15. The molecule has 1 aliphatic heterocycles. The van der Waals surface area contributed by atoms with E-state index in [9.17, 15) is 10.1 Å². The third-order valence-corrected chi connectivity index (χ3v) is 3.44. The Bertz CT molecular complexity index is 415. The summed E-state index contributed by atoms with van der Waals surface area (Å²) >= 11 is 0. The summed E-state index contributed by atoms with van der Waals surface area (Å²) in [5, 5.41) is 11.1. The number of ether oxygens (including phenoxy) is 2. The minimum absolute atomic E-state index is 0.203. The fourth-order valence-corrected chi connectivity index (χ4v) is 2.30. The molecule has 0 spiro atoms. The molecule has 5 nitrogen and oxygen atoms in total. The van der Waals surface area contributed by atoms with Crippen molar-refractivity contribution in [3.05, 3.63) is 46.0 Å². The van der Waals surface area contributed by atoms with Crippen molar-refractivity contribution < 1.29 is 14.4 Å². The van der Waals surface area contributed by atoms with Gasteiger partial charge in [-0.05, 0) is 12.5 Å². The summed E-state index contributed by atoms with van der Waals surface area (Å²) in [6, 6.07) is 8.95. The van der Waals surface area contributed by atoms with Gasteiger partial charge in [-0.1, -0.05) is 30.3 Å². The Morgan fingerprint density at radius 3 is 2.53 bits per heavy atom. The number of nitrogens with zero attached hydrogens (tertiary/aromatic N) is 1. The molecule has 1 aromatic rings. The lowest BCUT2D eigenvalue weighted by Crippen LogP contribution is -2.30. The number of hydrogen-bond acceptors (Lipinski definition) is 4. The Labute approximate surface area is 112 Å². The largest absolute Gasteiger partial charge is 0.348 e. The van der Waals surface area contributed by atoms with Crippen LogP contribution in [0.5, 0.6) is 0 Å².